The molecule has 1 aliphatic rings. The largest absolute Gasteiger partial charge is 0.350 e. The molecule has 6 heteroatoms. The fraction of sp³-hybridized carbons (Fsp3) is 0.556. The second kappa shape index (κ2) is 7.30. The van der Waals surface area contributed by atoms with E-state index < -0.39 is 0 Å². The van der Waals surface area contributed by atoms with Crippen LogP contribution in [0.4, 0.5) is 4.39 Å². The predicted molar refractivity (Wildman–Crippen MR) is 91.4 cm³/mol. The molecule has 1 aliphatic heterocycles. The van der Waals surface area contributed by atoms with Crippen LogP contribution in [-0.2, 0) is 4.79 Å². The number of nitrogens with zero attached hydrogens (tertiary/aromatic N) is 2. The summed E-state index contributed by atoms with van der Waals surface area (Å²) >= 11 is 0. The molecule has 132 valence electrons. The Morgan fingerprint density at radius 2 is 1.79 bits per heavy atom. The van der Waals surface area contributed by atoms with Crippen LogP contribution in [0.5, 0.6) is 0 Å². The Labute approximate surface area is 142 Å². The number of amides is 2. The van der Waals surface area contributed by atoms with Gasteiger partial charge in [0.1, 0.15) is 5.82 Å². The van der Waals surface area contributed by atoms with E-state index in [4.69, 9.17) is 0 Å². The molecule has 1 N–H and O–H groups in total. The molecular weight excluding hydrogens is 309 g/mol. The van der Waals surface area contributed by atoms with Gasteiger partial charge in [0, 0.05) is 37.3 Å². The molecule has 2 rings (SSSR count). The van der Waals surface area contributed by atoms with E-state index in [9.17, 15) is 14.0 Å². The molecule has 0 bridgehead atoms. The fourth-order valence-electron chi connectivity index (χ4n) is 2.68. The van der Waals surface area contributed by atoms with Crippen LogP contribution in [0.2, 0.25) is 0 Å². The highest BCUT2D eigenvalue weighted by atomic mass is 19.1. The van der Waals surface area contributed by atoms with Gasteiger partial charge in [-0.25, -0.2) is 4.39 Å². The van der Waals surface area contributed by atoms with Crippen LogP contribution in [0.25, 0.3) is 0 Å². The van der Waals surface area contributed by atoms with Gasteiger partial charge >= 0.3 is 0 Å². The van der Waals surface area contributed by atoms with Gasteiger partial charge in [-0.1, -0.05) is 6.07 Å². The van der Waals surface area contributed by atoms with Gasteiger partial charge in [0.15, 0.2) is 0 Å². The van der Waals surface area contributed by atoms with Gasteiger partial charge in [-0.3, -0.25) is 14.5 Å². The molecule has 24 heavy (non-hydrogen) atoms. The highest BCUT2D eigenvalue weighted by molar-refractivity contribution is 5.94. The standard InChI is InChI=1S/C18H26FN3O2/c1-13-5-6-14(11-15(13)19)17(24)22-9-7-21(8-10-22)12-16(23)20-18(2,3)4/h5-6,11H,7-10,12H2,1-4H3,(H,20,23). The van der Waals surface area contributed by atoms with E-state index in [2.05, 4.69) is 5.32 Å². The van der Waals surface area contributed by atoms with E-state index in [1.165, 1.54) is 6.07 Å². The Bertz CT molecular complexity index is 617. The van der Waals surface area contributed by atoms with Crippen LogP contribution in [0.1, 0.15) is 36.7 Å². The summed E-state index contributed by atoms with van der Waals surface area (Å²) in [6.45, 7) is 10.2. The maximum atomic E-state index is 13.6. The molecule has 0 saturated carbocycles. The van der Waals surface area contributed by atoms with Crippen LogP contribution in [0.3, 0.4) is 0 Å². The molecule has 1 saturated heterocycles. The van der Waals surface area contributed by atoms with E-state index in [1.807, 2.05) is 25.7 Å². The zero-order chi connectivity index (χ0) is 17.9. The molecule has 1 heterocycles. The average molecular weight is 335 g/mol. The Balaban J connectivity index is 1.87. The molecule has 1 fully saturated rings. The zero-order valence-electron chi connectivity index (χ0n) is 14.9. The third-order valence-corrected chi connectivity index (χ3v) is 3.96. The molecule has 1 aromatic rings. The first-order valence-corrected chi connectivity index (χ1v) is 8.24. The third kappa shape index (κ3) is 5.03. The minimum absolute atomic E-state index is 0.0112. The van der Waals surface area contributed by atoms with Crippen molar-refractivity contribution in [3.63, 3.8) is 0 Å². The van der Waals surface area contributed by atoms with Crippen molar-refractivity contribution in [2.75, 3.05) is 32.7 Å². The number of aryl methyl sites for hydroxylation is 1. The number of hydrogen-bond acceptors (Lipinski definition) is 3. The number of carbonyl (C=O) groups is 2. The lowest BCUT2D eigenvalue weighted by atomic mass is 10.1. The summed E-state index contributed by atoms with van der Waals surface area (Å²) in [5.41, 5.74) is 0.656. The second-order valence-electron chi connectivity index (χ2n) is 7.33. The number of piperazine rings is 1. The normalized spacial score (nSPS) is 16.1. The maximum Gasteiger partial charge on any atom is 0.254 e. The molecular formula is C18H26FN3O2. The Hall–Kier alpha value is -1.95. The van der Waals surface area contributed by atoms with Crippen LogP contribution in [0, 0.1) is 12.7 Å². The van der Waals surface area contributed by atoms with Gasteiger partial charge < -0.3 is 10.2 Å². The van der Waals surface area contributed by atoms with Crippen molar-refractivity contribution < 1.29 is 14.0 Å². The van der Waals surface area contributed by atoms with Gasteiger partial charge in [0.05, 0.1) is 6.54 Å². The zero-order valence-corrected chi connectivity index (χ0v) is 14.9. The molecule has 0 atom stereocenters. The molecule has 5 nitrogen and oxygen atoms in total. The first-order chi connectivity index (χ1) is 11.2. The first-order valence-electron chi connectivity index (χ1n) is 8.24. The molecule has 2 amide bonds. The number of nitrogens with one attached hydrogen (secondary N) is 1. The van der Waals surface area contributed by atoms with Crippen molar-refractivity contribution in [1.82, 2.24) is 15.1 Å². The van der Waals surface area contributed by atoms with E-state index >= 15 is 0 Å². The monoisotopic (exact) mass is 335 g/mol. The molecule has 0 spiro atoms. The topological polar surface area (TPSA) is 52.7 Å². The van der Waals surface area contributed by atoms with E-state index in [1.54, 1.807) is 24.0 Å². The van der Waals surface area contributed by atoms with Crippen molar-refractivity contribution in [3.05, 3.63) is 35.1 Å². The maximum absolute atomic E-state index is 13.6. The summed E-state index contributed by atoms with van der Waals surface area (Å²) in [6.07, 6.45) is 0. The Morgan fingerprint density at radius 3 is 2.33 bits per heavy atom. The summed E-state index contributed by atoms with van der Waals surface area (Å²) in [6, 6.07) is 4.57. The smallest absolute Gasteiger partial charge is 0.254 e. The number of rotatable bonds is 3. The summed E-state index contributed by atoms with van der Waals surface area (Å²) in [4.78, 5) is 28.1. The predicted octanol–water partition coefficient (Wildman–Crippen LogP) is 1.81. The highest BCUT2D eigenvalue weighted by Gasteiger charge is 2.24. The number of halogens is 1. The van der Waals surface area contributed by atoms with Crippen LogP contribution in [0.15, 0.2) is 18.2 Å². The Kier molecular flexibility index (Phi) is 5.59. The summed E-state index contributed by atoms with van der Waals surface area (Å²) in [5.74, 6) is -0.533. The molecule has 0 aromatic heterocycles. The van der Waals surface area contributed by atoms with Crippen LogP contribution < -0.4 is 5.32 Å². The van der Waals surface area contributed by atoms with Crippen molar-refractivity contribution in [3.8, 4) is 0 Å². The SMILES string of the molecule is Cc1ccc(C(=O)N2CCN(CC(=O)NC(C)(C)C)CC2)cc1F. The number of benzene rings is 1. The van der Waals surface area contributed by atoms with Crippen LogP contribution >= 0.6 is 0 Å². The average Bonchev–Trinajstić information content (AvgIpc) is 2.48. The van der Waals surface area contributed by atoms with Crippen molar-refractivity contribution in [1.29, 1.82) is 0 Å². The van der Waals surface area contributed by atoms with Crippen molar-refractivity contribution >= 4 is 11.8 Å². The molecule has 0 aliphatic carbocycles. The van der Waals surface area contributed by atoms with Gasteiger partial charge in [-0.15, -0.1) is 0 Å². The van der Waals surface area contributed by atoms with E-state index in [0.29, 0.717) is 43.9 Å². The van der Waals surface area contributed by atoms with Crippen molar-refractivity contribution in [2.45, 2.75) is 33.2 Å². The second-order valence-corrected chi connectivity index (χ2v) is 7.33. The third-order valence-electron chi connectivity index (χ3n) is 3.96. The van der Waals surface area contributed by atoms with Crippen molar-refractivity contribution in [2.24, 2.45) is 0 Å². The highest BCUT2D eigenvalue weighted by Crippen LogP contribution is 2.13. The van der Waals surface area contributed by atoms with Gasteiger partial charge in [0.2, 0.25) is 5.91 Å². The van der Waals surface area contributed by atoms with Gasteiger partial charge in [0.25, 0.3) is 5.91 Å². The number of hydrogen-bond donors (Lipinski definition) is 1. The Morgan fingerprint density at radius 1 is 1.17 bits per heavy atom. The minimum Gasteiger partial charge on any atom is -0.350 e. The fourth-order valence-corrected chi connectivity index (χ4v) is 2.68. The quantitative estimate of drug-likeness (QED) is 0.916. The lowest BCUT2D eigenvalue weighted by Gasteiger charge is -2.35. The van der Waals surface area contributed by atoms with Crippen LogP contribution in [-0.4, -0.2) is 59.9 Å². The van der Waals surface area contributed by atoms with Gasteiger partial charge in [-0.2, -0.15) is 0 Å². The molecule has 1 aromatic carbocycles. The first kappa shape index (κ1) is 18.4. The summed E-state index contributed by atoms with van der Waals surface area (Å²) in [5, 5.41) is 2.93. The minimum atomic E-state index is -0.363. The van der Waals surface area contributed by atoms with Gasteiger partial charge in [-0.05, 0) is 45.4 Å². The molecule has 0 unspecified atom stereocenters. The lowest BCUT2D eigenvalue weighted by Crippen LogP contribution is -2.52. The lowest BCUT2D eigenvalue weighted by molar-refractivity contribution is -0.124. The number of carbonyl (C=O) groups excluding carboxylic acids is 2. The van der Waals surface area contributed by atoms with E-state index in [-0.39, 0.29) is 23.2 Å². The summed E-state index contributed by atoms with van der Waals surface area (Å²) in [7, 11) is 0. The summed E-state index contributed by atoms with van der Waals surface area (Å²) < 4.78 is 13.6. The van der Waals surface area contributed by atoms with E-state index in [0.717, 1.165) is 0 Å². The molecule has 0 radical (unpaired) electrons.